The second-order valence-corrected chi connectivity index (χ2v) is 8.16. The van der Waals surface area contributed by atoms with Gasteiger partial charge in [-0.25, -0.2) is 19.9 Å². The molecule has 0 aliphatic rings. The molecule has 4 aromatic heterocycles. The summed E-state index contributed by atoms with van der Waals surface area (Å²) < 4.78 is 79.9. The number of aromatic nitrogens is 6. The molecular weight excluding hydrogens is 502 g/mol. The zero-order valence-corrected chi connectivity index (χ0v) is 19.5. The third-order valence-electron chi connectivity index (χ3n) is 5.26. The SMILES string of the molecule is CCCC(C)Nc1cc(C(F)(F)F)c(-c2cnc3c(Nc4ccc(C(F)(F)F)cn4)ccnc3n2)nn1. The van der Waals surface area contributed by atoms with E-state index in [2.05, 4.69) is 40.8 Å². The van der Waals surface area contributed by atoms with Crippen molar-refractivity contribution < 1.29 is 26.3 Å². The first-order valence-corrected chi connectivity index (χ1v) is 11.1. The van der Waals surface area contributed by atoms with E-state index in [1.165, 1.54) is 12.3 Å². The lowest BCUT2D eigenvalue weighted by molar-refractivity contribution is -0.138. The molecule has 4 aromatic rings. The van der Waals surface area contributed by atoms with Crippen LogP contribution in [0.5, 0.6) is 0 Å². The van der Waals surface area contributed by atoms with Crippen molar-refractivity contribution in [1.29, 1.82) is 0 Å². The number of fused-ring (bicyclic) bond motifs is 1. The molecule has 194 valence electrons. The minimum atomic E-state index is -4.74. The number of halogens is 6. The average Bonchev–Trinajstić information content (AvgIpc) is 2.83. The van der Waals surface area contributed by atoms with Crippen molar-refractivity contribution >= 4 is 28.5 Å². The van der Waals surface area contributed by atoms with E-state index in [1.807, 2.05) is 13.8 Å². The molecule has 4 heterocycles. The fourth-order valence-corrected chi connectivity index (χ4v) is 3.53. The zero-order chi connectivity index (χ0) is 26.8. The predicted molar refractivity (Wildman–Crippen MR) is 124 cm³/mol. The molecular formula is C23H20F6N8. The van der Waals surface area contributed by atoms with Gasteiger partial charge in [0.1, 0.15) is 28.5 Å². The molecule has 0 radical (unpaired) electrons. The molecule has 0 amide bonds. The number of alkyl halides is 6. The summed E-state index contributed by atoms with van der Waals surface area (Å²) in [5, 5.41) is 13.4. The Kier molecular flexibility index (Phi) is 7.09. The summed E-state index contributed by atoms with van der Waals surface area (Å²) >= 11 is 0. The number of anilines is 3. The highest BCUT2D eigenvalue weighted by atomic mass is 19.4. The second kappa shape index (κ2) is 10.1. The van der Waals surface area contributed by atoms with Gasteiger partial charge in [0, 0.05) is 18.4 Å². The largest absolute Gasteiger partial charge is 0.418 e. The van der Waals surface area contributed by atoms with Gasteiger partial charge in [-0.15, -0.1) is 10.2 Å². The smallest absolute Gasteiger partial charge is 0.366 e. The van der Waals surface area contributed by atoms with Crippen LogP contribution >= 0.6 is 0 Å². The Morgan fingerprint density at radius 2 is 1.68 bits per heavy atom. The number of pyridine rings is 2. The molecule has 14 heteroatoms. The van der Waals surface area contributed by atoms with Crippen LogP contribution in [0.2, 0.25) is 0 Å². The molecule has 1 atom stereocenters. The van der Waals surface area contributed by atoms with Gasteiger partial charge in [-0.1, -0.05) is 13.3 Å². The van der Waals surface area contributed by atoms with E-state index in [9.17, 15) is 26.3 Å². The molecule has 2 N–H and O–H groups in total. The Morgan fingerprint density at radius 1 is 0.892 bits per heavy atom. The van der Waals surface area contributed by atoms with E-state index in [4.69, 9.17) is 0 Å². The van der Waals surface area contributed by atoms with Crippen LogP contribution in [0.3, 0.4) is 0 Å². The predicted octanol–water partition coefficient (Wildman–Crippen LogP) is 6.26. The van der Waals surface area contributed by atoms with Crippen LogP contribution in [0, 0.1) is 0 Å². The van der Waals surface area contributed by atoms with Gasteiger partial charge in [-0.3, -0.25) is 0 Å². The van der Waals surface area contributed by atoms with E-state index in [0.29, 0.717) is 11.9 Å². The molecule has 0 spiro atoms. The normalized spacial score (nSPS) is 13.0. The van der Waals surface area contributed by atoms with Crippen LogP contribution < -0.4 is 10.6 Å². The summed E-state index contributed by atoms with van der Waals surface area (Å²) in [4.78, 5) is 16.2. The van der Waals surface area contributed by atoms with E-state index in [-0.39, 0.29) is 34.5 Å². The van der Waals surface area contributed by atoms with Crippen molar-refractivity contribution in [2.75, 3.05) is 10.6 Å². The molecule has 0 saturated heterocycles. The van der Waals surface area contributed by atoms with Crippen LogP contribution in [0.1, 0.15) is 37.8 Å². The van der Waals surface area contributed by atoms with Gasteiger partial charge in [0.05, 0.1) is 23.0 Å². The number of hydrogen-bond acceptors (Lipinski definition) is 8. The Balaban J connectivity index is 1.67. The van der Waals surface area contributed by atoms with Gasteiger partial charge >= 0.3 is 12.4 Å². The lowest BCUT2D eigenvalue weighted by atomic mass is 10.1. The fourth-order valence-electron chi connectivity index (χ4n) is 3.53. The third-order valence-corrected chi connectivity index (χ3v) is 5.26. The molecule has 0 aliphatic carbocycles. The van der Waals surface area contributed by atoms with Crippen LogP contribution in [-0.4, -0.2) is 36.2 Å². The Bertz CT molecular complexity index is 1390. The molecule has 8 nitrogen and oxygen atoms in total. The molecule has 1 unspecified atom stereocenters. The first-order chi connectivity index (χ1) is 17.5. The highest BCUT2D eigenvalue weighted by Gasteiger charge is 2.36. The van der Waals surface area contributed by atoms with Crippen molar-refractivity contribution in [1.82, 2.24) is 30.1 Å². The van der Waals surface area contributed by atoms with Crippen LogP contribution in [0.15, 0.2) is 42.9 Å². The van der Waals surface area contributed by atoms with E-state index < -0.39 is 29.2 Å². The molecule has 0 aliphatic heterocycles. The quantitative estimate of drug-likeness (QED) is 0.275. The van der Waals surface area contributed by atoms with Gasteiger partial charge in [0.15, 0.2) is 5.65 Å². The van der Waals surface area contributed by atoms with Gasteiger partial charge in [0.2, 0.25) is 0 Å². The highest BCUT2D eigenvalue weighted by Crippen LogP contribution is 2.37. The summed E-state index contributed by atoms with van der Waals surface area (Å²) in [5.41, 5.74) is -2.21. The third kappa shape index (κ3) is 6.01. The van der Waals surface area contributed by atoms with Gasteiger partial charge in [0.25, 0.3) is 0 Å². The number of nitrogens with one attached hydrogen (secondary N) is 2. The molecule has 0 saturated carbocycles. The first-order valence-electron chi connectivity index (χ1n) is 11.1. The Hall–Kier alpha value is -4.10. The van der Waals surface area contributed by atoms with Crippen LogP contribution in [0.4, 0.5) is 43.7 Å². The number of nitrogens with zero attached hydrogens (tertiary/aromatic N) is 6. The summed E-state index contributed by atoms with van der Waals surface area (Å²) in [7, 11) is 0. The topological polar surface area (TPSA) is 101 Å². The van der Waals surface area contributed by atoms with Gasteiger partial charge in [-0.2, -0.15) is 26.3 Å². The molecule has 0 bridgehead atoms. The maximum atomic E-state index is 13.9. The monoisotopic (exact) mass is 522 g/mol. The molecule has 37 heavy (non-hydrogen) atoms. The van der Waals surface area contributed by atoms with Crippen molar-refractivity contribution in [2.45, 2.75) is 45.1 Å². The Labute approximate surface area is 206 Å². The maximum Gasteiger partial charge on any atom is 0.418 e. The standard InChI is InChI=1S/C23H20F6N8/c1-3-4-12(2)33-18-9-14(23(27,28)29)19(37-36-18)16-11-32-20-15(7-8-30-21(20)35-16)34-17-6-5-13(10-31-17)22(24,25)26/h5-12H,3-4H2,1-2H3,(H,33,36)(H,30,31,34,35). The summed E-state index contributed by atoms with van der Waals surface area (Å²) in [6.45, 7) is 3.79. The lowest BCUT2D eigenvalue weighted by Crippen LogP contribution is -2.18. The first kappa shape index (κ1) is 26.0. The van der Waals surface area contributed by atoms with Gasteiger partial charge < -0.3 is 10.6 Å². The van der Waals surface area contributed by atoms with E-state index in [0.717, 1.165) is 37.2 Å². The Morgan fingerprint density at radius 3 is 2.32 bits per heavy atom. The van der Waals surface area contributed by atoms with E-state index in [1.54, 1.807) is 0 Å². The molecule has 0 fully saturated rings. The van der Waals surface area contributed by atoms with Crippen molar-refractivity contribution in [3.63, 3.8) is 0 Å². The number of hydrogen-bond donors (Lipinski definition) is 2. The maximum absolute atomic E-state index is 13.9. The summed E-state index contributed by atoms with van der Waals surface area (Å²) in [5.74, 6) is 0.0800. The van der Waals surface area contributed by atoms with Crippen LogP contribution in [0.25, 0.3) is 22.6 Å². The van der Waals surface area contributed by atoms with Gasteiger partial charge in [-0.05, 0) is 37.6 Å². The molecule has 0 aromatic carbocycles. The van der Waals surface area contributed by atoms with Crippen LogP contribution in [-0.2, 0) is 12.4 Å². The second-order valence-electron chi connectivity index (χ2n) is 8.16. The van der Waals surface area contributed by atoms with Crippen molar-refractivity contribution in [3.8, 4) is 11.4 Å². The highest BCUT2D eigenvalue weighted by molar-refractivity contribution is 5.87. The van der Waals surface area contributed by atoms with E-state index >= 15 is 0 Å². The van der Waals surface area contributed by atoms with Crippen molar-refractivity contribution in [2.24, 2.45) is 0 Å². The summed E-state index contributed by atoms with van der Waals surface area (Å²) in [6, 6.07) is 4.26. The molecule has 4 rings (SSSR count). The lowest BCUT2D eigenvalue weighted by Gasteiger charge is -2.16. The number of rotatable bonds is 7. The summed E-state index contributed by atoms with van der Waals surface area (Å²) in [6.07, 6.45) is -4.59. The minimum Gasteiger partial charge on any atom is -0.366 e. The average molecular weight is 522 g/mol. The zero-order valence-electron chi connectivity index (χ0n) is 19.5. The fraction of sp³-hybridized carbons (Fsp3) is 0.304. The van der Waals surface area contributed by atoms with Crippen molar-refractivity contribution in [3.05, 3.63) is 54.0 Å². The minimum absolute atomic E-state index is 0.0110.